The number of rotatable bonds is 10. The normalized spacial score (nSPS) is 10.7. The van der Waals surface area contributed by atoms with E-state index in [1.165, 1.54) is 16.6 Å². The van der Waals surface area contributed by atoms with Crippen molar-refractivity contribution in [3.63, 3.8) is 0 Å². The minimum Gasteiger partial charge on any atom is -0.493 e. The van der Waals surface area contributed by atoms with Gasteiger partial charge in [0.05, 0.1) is 26.2 Å². The molecule has 9 nitrogen and oxygen atoms in total. The number of aryl methyl sites for hydroxylation is 1. The van der Waals surface area contributed by atoms with Crippen molar-refractivity contribution in [2.45, 2.75) is 19.9 Å². The van der Waals surface area contributed by atoms with E-state index in [-0.39, 0.29) is 50.1 Å². The molecular weight excluding hydrogens is 424 g/mol. The highest BCUT2D eigenvalue weighted by Gasteiger charge is 2.24. The number of nitrogens with zero attached hydrogens (tertiary/aromatic N) is 2. The van der Waals surface area contributed by atoms with Crippen LogP contribution in [0.15, 0.2) is 64.2 Å². The average molecular weight is 453 g/mol. The van der Waals surface area contributed by atoms with Crippen LogP contribution < -0.4 is 26.6 Å². The molecule has 0 unspecified atom stereocenters. The molecule has 2 aromatic carbocycles. The summed E-state index contributed by atoms with van der Waals surface area (Å²) in [6.07, 6.45) is 0.00822. The van der Waals surface area contributed by atoms with Crippen molar-refractivity contribution in [2.75, 3.05) is 37.5 Å². The smallest absolute Gasteiger partial charge is 0.330 e. The van der Waals surface area contributed by atoms with Crippen LogP contribution in [0.25, 0.3) is 0 Å². The molecule has 1 heterocycles. The van der Waals surface area contributed by atoms with Crippen LogP contribution in [0.5, 0.6) is 5.75 Å². The summed E-state index contributed by atoms with van der Waals surface area (Å²) in [6, 6.07) is 16.7. The Balaban J connectivity index is 1.85. The number of benzene rings is 2. The van der Waals surface area contributed by atoms with E-state index >= 15 is 0 Å². The first-order chi connectivity index (χ1) is 15.9. The maximum Gasteiger partial charge on any atom is 0.330 e. The number of ether oxygens (including phenoxy) is 2. The van der Waals surface area contributed by atoms with Gasteiger partial charge in [0.15, 0.2) is 5.69 Å². The summed E-state index contributed by atoms with van der Waals surface area (Å²) in [7, 11) is 1.49. The minimum absolute atomic E-state index is 0.00822. The lowest BCUT2D eigenvalue weighted by Crippen LogP contribution is -2.43. The molecule has 0 aliphatic rings. The Morgan fingerprint density at radius 1 is 1.06 bits per heavy atom. The minimum atomic E-state index is -0.731. The fraction of sp³-hybridized carbons (Fsp3) is 0.292. The number of methoxy groups -OCH3 is 1. The summed E-state index contributed by atoms with van der Waals surface area (Å²) in [5.41, 5.74) is 6.72. The molecule has 0 saturated carbocycles. The second-order valence-corrected chi connectivity index (χ2v) is 7.51. The SMILES string of the molecule is COCCN(C(=O)CCOc1ccc(C)cc1)c1c(N)n(Cc2ccccc2)c(=O)[nH]c1=O. The number of nitrogens with two attached hydrogens (primary N) is 1. The van der Waals surface area contributed by atoms with Crippen LogP contribution >= 0.6 is 0 Å². The summed E-state index contributed by atoms with van der Waals surface area (Å²) in [4.78, 5) is 41.7. The molecule has 0 aliphatic carbocycles. The Hall–Kier alpha value is -3.85. The number of nitrogens with one attached hydrogen (secondary N) is 1. The number of carbonyl (C=O) groups is 1. The Kier molecular flexibility index (Phi) is 8.04. The van der Waals surface area contributed by atoms with E-state index in [0.29, 0.717) is 5.75 Å². The first-order valence-corrected chi connectivity index (χ1v) is 10.6. The zero-order valence-electron chi connectivity index (χ0n) is 18.7. The monoisotopic (exact) mass is 452 g/mol. The van der Waals surface area contributed by atoms with Crippen molar-refractivity contribution in [1.29, 1.82) is 0 Å². The average Bonchev–Trinajstić information content (AvgIpc) is 2.80. The van der Waals surface area contributed by atoms with Crippen LogP contribution in [0.1, 0.15) is 17.5 Å². The summed E-state index contributed by atoms with van der Waals surface area (Å²) in [5.74, 6) is 0.184. The van der Waals surface area contributed by atoms with E-state index in [0.717, 1.165) is 11.1 Å². The van der Waals surface area contributed by atoms with Crippen molar-refractivity contribution in [1.82, 2.24) is 9.55 Å². The van der Waals surface area contributed by atoms with Crippen molar-refractivity contribution >= 4 is 17.4 Å². The zero-order valence-corrected chi connectivity index (χ0v) is 18.7. The maximum atomic E-state index is 13.0. The quantitative estimate of drug-likeness (QED) is 0.485. The van der Waals surface area contributed by atoms with Gasteiger partial charge in [0, 0.05) is 13.7 Å². The summed E-state index contributed by atoms with van der Waals surface area (Å²) in [5, 5.41) is 0. The van der Waals surface area contributed by atoms with Gasteiger partial charge in [-0.2, -0.15) is 0 Å². The fourth-order valence-electron chi connectivity index (χ4n) is 3.33. The number of H-pyrrole nitrogens is 1. The van der Waals surface area contributed by atoms with Gasteiger partial charge in [-0.25, -0.2) is 4.79 Å². The van der Waals surface area contributed by atoms with E-state index in [4.69, 9.17) is 15.2 Å². The van der Waals surface area contributed by atoms with Crippen molar-refractivity contribution in [3.8, 4) is 5.75 Å². The molecule has 174 valence electrons. The number of aromatic amines is 1. The number of carbonyl (C=O) groups excluding carboxylic acids is 1. The van der Waals surface area contributed by atoms with Gasteiger partial charge in [0.2, 0.25) is 5.91 Å². The van der Waals surface area contributed by atoms with E-state index in [1.54, 1.807) is 0 Å². The van der Waals surface area contributed by atoms with Crippen LogP contribution in [-0.2, 0) is 16.1 Å². The lowest BCUT2D eigenvalue weighted by molar-refractivity contribution is -0.119. The molecule has 0 spiro atoms. The Labute approximate surface area is 191 Å². The summed E-state index contributed by atoms with van der Waals surface area (Å²) >= 11 is 0. The van der Waals surface area contributed by atoms with Crippen LogP contribution in [0.2, 0.25) is 0 Å². The highest BCUT2D eigenvalue weighted by molar-refractivity contribution is 5.95. The van der Waals surface area contributed by atoms with Crippen LogP contribution in [-0.4, -0.2) is 42.3 Å². The van der Waals surface area contributed by atoms with Crippen molar-refractivity contribution in [3.05, 3.63) is 86.6 Å². The second-order valence-electron chi connectivity index (χ2n) is 7.51. The molecule has 3 rings (SSSR count). The highest BCUT2D eigenvalue weighted by atomic mass is 16.5. The van der Waals surface area contributed by atoms with Gasteiger partial charge < -0.3 is 20.1 Å². The van der Waals surface area contributed by atoms with Gasteiger partial charge in [-0.3, -0.25) is 19.1 Å². The van der Waals surface area contributed by atoms with E-state index < -0.39 is 11.2 Å². The third-order valence-electron chi connectivity index (χ3n) is 5.09. The van der Waals surface area contributed by atoms with Gasteiger partial charge in [-0.15, -0.1) is 0 Å². The molecule has 1 aromatic heterocycles. The van der Waals surface area contributed by atoms with Crippen molar-refractivity contribution < 1.29 is 14.3 Å². The van der Waals surface area contributed by atoms with Crippen LogP contribution in [0.4, 0.5) is 11.5 Å². The molecule has 0 radical (unpaired) electrons. The topological polar surface area (TPSA) is 120 Å². The molecule has 1 amide bonds. The molecule has 33 heavy (non-hydrogen) atoms. The number of aromatic nitrogens is 2. The van der Waals surface area contributed by atoms with Gasteiger partial charge >= 0.3 is 5.69 Å². The third-order valence-corrected chi connectivity index (χ3v) is 5.09. The molecule has 3 aromatic rings. The second kappa shape index (κ2) is 11.1. The Morgan fingerprint density at radius 2 is 1.76 bits per heavy atom. The molecule has 0 atom stereocenters. The van der Waals surface area contributed by atoms with E-state index in [2.05, 4.69) is 4.98 Å². The molecule has 0 fully saturated rings. The maximum absolute atomic E-state index is 13.0. The predicted octanol–water partition coefficient (Wildman–Crippen LogP) is 1.92. The molecule has 3 N–H and O–H groups in total. The van der Waals surface area contributed by atoms with Gasteiger partial charge in [-0.05, 0) is 24.6 Å². The Bertz CT molecular complexity index is 1190. The predicted molar refractivity (Wildman–Crippen MR) is 127 cm³/mol. The molecular formula is C24H28N4O5. The van der Waals surface area contributed by atoms with Crippen molar-refractivity contribution in [2.24, 2.45) is 0 Å². The molecule has 0 aliphatic heterocycles. The number of anilines is 2. The molecule has 0 saturated heterocycles. The molecule has 9 heteroatoms. The zero-order chi connectivity index (χ0) is 23.8. The number of hydrogen-bond acceptors (Lipinski definition) is 6. The van der Waals surface area contributed by atoms with Gasteiger partial charge in [0.25, 0.3) is 5.56 Å². The first-order valence-electron chi connectivity index (χ1n) is 10.6. The van der Waals surface area contributed by atoms with Gasteiger partial charge in [-0.1, -0.05) is 48.0 Å². The standard InChI is InChI=1S/C24H28N4O5/c1-17-8-10-19(11-9-17)33-14-12-20(29)27(13-15-32-2)21-22(25)28(24(31)26-23(21)30)16-18-6-4-3-5-7-18/h3-11H,12-16,25H2,1-2H3,(H,26,30,31). The highest BCUT2D eigenvalue weighted by Crippen LogP contribution is 2.19. The van der Waals surface area contributed by atoms with Gasteiger partial charge in [0.1, 0.15) is 11.6 Å². The third kappa shape index (κ3) is 6.11. The largest absolute Gasteiger partial charge is 0.493 e. The van der Waals surface area contributed by atoms with E-state index in [1.807, 2.05) is 61.5 Å². The lowest BCUT2D eigenvalue weighted by atomic mass is 10.2. The number of amides is 1. The van der Waals surface area contributed by atoms with Crippen LogP contribution in [0.3, 0.4) is 0 Å². The van der Waals surface area contributed by atoms with E-state index in [9.17, 15) is 14.4 Å². The first kappa shape index (κ1) is 23.8. The number of hydrogen-bond donors (Lipinski definition) is 2. The van der Waals surface area contributed by atoms with Crippen LogP contribution in [0, 0.1) is 6.92 Å². The Morgan fingerprint density at radius 3 is 2.42 bits per heavy atom. The molecule has 0 bridgehead atoms. The summed E-state index contributed by atoms with van der Waals surface area (Å²) < 4.78 is 12.0. The fourth-order valence-corrected chi connectivity index (χ4v) is 3.33. The lowest BCUT2D eigenvalue weighted by Gasteiger charge is -2.24. The summed E-state index contributed by atoms with van der Waals surface area (Å²) in [6.45, 7) is 2.52. The number of nitrogen functional groups attached to an aromatic ring is 1.